The zero-order valence-corrected chi connectivity index (χ0v) is 14.8. The molecule has 0 amide bonds. The molecule has 0 aliphatic heterocycles. The van der Waals surface area contributed by atoms with Crippen LogP contribution >= 0.6 is 0 Å². The number of ether oxygens (including phenoxy) is 1. The Hall–Kier alpha value is -0.870. The van der Waals surface area contributed by atoms with Crippen LogP contribution in [0.5, 0.6) is 0 Å². The van der Waals surface area contributed by atoms with Crippen molar-refractivity contribution < 1.29 is 19.7 Å². The molecule has 2 rings (SSSR count). The van der Waals surface area contributed by atoms with Crippen LogP contribution in [0, 0.1) is 23.2 Å². The molecule has 0 aromatic heterocycles. The summed E-state index contributed by atoms with van der Waals surface area (Å²) in [6, 6.07) is 0. The van der Waals surface area contributed by atoms with Gasteiger partial charge in [0.1, 0.15) is 0 Å². The molecule has 132 valence electrons. The molecule has 2 saturated carbocycles. The Bertz CT molecular complexity index is 447. The van der Waals surface area contributed by atoms with Crippen molar-refractivity contribution in [1.82, 2.24) is 0 Å². The van der Waals surface area contributed by atoms with E-state index in [-0.39, 0.29) is 17.9 Å². The van der Waals surface area contributed by atoms with Crippen LogP contribution < -0.4 is 0 Å². The van der Waals surface area contributed by atoms with Crippen molar-refractivity contribution in [3.05, 3.63) is 12.2 Å². The van der Waals surface area contributed by atoms with Crippen molar-refractivity contribution in [2.75, 3.05) is 7.11 Å². The third-order valence-electron chi connectivity index (χ3n) is 6.45. The Kier molecular flexibility index (Phi) is 5.90. The summed E-state index contributed by atoms with van der Waals surface area (Å²) < 4.78 is 4.64. The highest BCUT2D eigenvalue weighted by Crippen LogP contribution is 2.58. The van der Waals surface area contributed by atoms with Crippen LogP contribution in [0.2, 0.25) is 0 Å². The maximum Gasteiger partial charge on any atom is 0.333 e. The van der Waals surface area contributed by atoms with Gasteiger partial charge in [-0.1, -0.05) is 26.8 Å². The minimum absolute atomic E-state index is 0.157. The van der Waals surface area contributed by atoms with Crippen LogP contribution in [0.25, 0.3) is 0 Å². The van der Waals surface area contributed by atoms with Gasteiger partial charge in [0.25, 0.3) is 0 Å². The molecule has 6 atom stereocenters. The van der Waals surface area contributed by atoms with Crippen molar-refractivity contribution in [2.45, 2.75) is 71.0 Å². The zero-order valence-electron chi connectivity index (χ0n) is 14.8. The molecule has 2 unspecified atom stereocenters. The van der Waals surface area contributed by atoms with Crippen molar-refractivity contribution in [3.63, 3.8) is 0 Å². The number of fused-ring (bicyclic) bond motifs is 1. The SMILES string of the molecule is C=C(C[C@H](O)C[C@@H](C)[C@H]1CCC2C(O)CCC[C@@]21C)C(=O)OC. The van der Waals surface area contributed by atoms with Gasteiger partial charge in [-0.15, -0.1) is 0 Å². The number of esters is 1. The topological polar surface area (TPSA) is 66.8 Å². The highest BCUT2D eigenvalue weighted by Gasteiger charge is 2.52. The maximum absolute atomic E-state index is 11.4. The predicted molar refractivity (Wildman–Crippen MR) is 89.7 cm³/mol. The van der Waals surface area contributed by atoms with Gasteiger partial charge in [0.15, 0.2) is 0 Å². The van der Waals surface area contributed by atoms with E-state index in [9.17, 15) is 15.0 Å². The number of aliphatic hydroxyl groups excluding tert-OH is 2. The summed E-state index contributed by atoms with van der Waals surface area (Å²) in [5, 5.41) is 20.6. The minimum Gasteiger partial charge on any atom is -0.466 e. The van der Waals surface area contributed by atoms with Gasteiger partial charge in [0.05, 0.1) is 19.3 Å². The van der Waals surface area contributed by atoms with Gasteiger partial charge in [-0.2, -0.15) is 0 Å². The molecule has 0 bridgehead atoms. The monoisotopic (exact) mass is 324 g/mol. The van der Waals surface area contributed by atoms with Crippen molar-refractivity contribution in [2.24, 2.45) is 23.2 Å². The van der Waals surface area contributed by atoms with Crippen LogP contribution in [0.4, 0.5) is 0 Å². The first kappa shape index (κ1) is 18.5. The van der Waals surface area contributed by atoms with E-state index in [2.05, 4.69) is 25.2 Å². The summed E-state index contributed by atoms with van der Waals surface area (Å²) in [6.45, 7) is 8.22. The third-order valence-corrected chi connectivity index (χ3v) is 6.45. The lowest BCUT2D eigenvalue weighted by molar-refractivity contribution is -0.136. The lowest BCUT2D eigenvalue weighted by Crippen LogP contribution is -2.41. The van der Waals surface area contributed by atoms with E-state index in [0.717, 1.165) is 25.7 Å². The third kappa shape index (κ3) is 3.80. The Morgan fingerprint density at radius 2 is 2.09 bits per heavy atom. The average molecular weight is 324 g/mol. The second-order valence-electron chi connectivity index (χ2n) is 7.92. The Morgan fingerprint density at radius 3 is 2.74 bits per heavy atom. The molecule has 0 aromatic carbocycles. The minimum atomic E-state index is -0.562. The molecule has 2 aliphatic carbocycles. The first-order chi connectivity index (χ1) is 10.8. The largest absolute Gasteiger partial charge is 0.466 e. The molecule has 23 heavy (non-hydrogen) atoms. The van der Waals surface area contributed by atoms with Crippen LogP contribution in [-0.2, 0) is 9.53 Å². The molecular weight excluding hydrogens is 292 g/mol. The Labute approximate surface area is 139 Å². The molecule has 0 radical (unpaired) electrons. The zero-order chi connectivity index (χ0) is 17.2. The Morgan fingerprint density at radius 1 is 1.39 bits per heavy atom. The van der Waals surface area contributed by atoms with Crippen LogP contribution in [-0.4, -0.2) is 35.5 Å². The lowest BCUT2D eigenvalue weighted by atomic mass is 9.61. The average Bonchev–Trinajstić information content (AvgIpc) is 2.84. The molecule has 0 heterocycles. The van der Waals surface area contributed by atoms with Gasteiger partial charge in [-0.25, -0.2) is 4.79 Å². The number of aliphatic hydroxyl groups is 2. The molecule has 0 aromatic rings. The summed E-state index contributed by atoms with van der Waals surface area (Å²) >= 11 is 0. The fraction of sp³-hybridized carbons (Fsp3) is 0.842. The summed E-state index contributed by atoms with van der Waals surface area (Å²) in [6.07, 6.45) is 5.65. The van der Waals surface area contributed by atoms with E-state index in [1.807, 2.05) is 0 Å². The summed E-state index contributed by atoms with van der Waals surface area (Å²) in [7, 11) is 1.33. The predicted octanol–water partition coefficient (Wildman–Crippen LogP) is 3.07. The van der Waals surface area contributed by atoms with Gasteiger partial charge < -0.3 is 14.9 Å². The number of hydrogen-bond donors (Lipinski definition) is 2. The second-order valence-corrected chi connectivity index (χ2v) is 7.92. The standard InChI is InChI=1S/C19H32O4/c1-12(10-14(20)11-13(2)18(22)23-4)15-7-8-16-17(21)6-5-9-19(15,16)3/h12,14-17,20-21H,2,5-11H2,1,3-4H3/t12-,14-,15-,16?,17?,19-/m1/s1. The highest BCUT2D eigenvalue weighted by atomic mass is 16.5. The number of methoxy groups -OCH3 is 1. The van der Waals surface area contributed by atoms with E-state index in [0.29, 0.717) is 29.7 Å². The number of carbonyl (C=O) groups is 1. The fourth-order valence-electron chi connectivity index (χ4n) is 5.31. The summed E-state index contributed by atoms with van der Waals surface area (Å²) in [5.41, 5.74) is 0.520. The second kappa shape index (κ2) is 7.35. The molecule has 4 nitrogen and oxygen atoms in total. The van der Waals surface area contributed by atoms with Gasteiger partial charge in [0.2, 0.25) is 0 Å². The quantitative estimate of drug-likeness (QED) is 0.582. The molecule has 2 N–H and O–H groups in total. The van der Waals surface area contributed by atoms with Crippen molar-refractivity contribution in [1.29, 1.82) is 0 Å². The molecule has 0 saturated heterocycles. The van der Waals surface area contributed by atoms with Crippen molar-refractivity contribution in [3.8, 4) is 0 Å². The van der Waals surface area contributed by atoms with Crippen LogP contribution in [0.3, 0.4) is 0 Å². The highest BCUT2D eigenvalue weighted by molar-refractivity contribution is 5.87. The number of carbonyl (C=O) groups excluding carboxylic acids is 1. The van der Waals surface area contributed by atoms with E-state index in [4.69, 9.17) is 0 Å². The normalized spacial score (nSPS) is 36.1. The number of hydrogen-bond acceptors (Lipinski definition) is 4. The van der Waals surface area contributed by atoms with Gasteiger partial charge >= 0.3 is 5.97 Å². The number of rotatable bonds is 6. The smallest absolute Gasteiger partial charge is 0.333 e. The molecule has 2 fully saturated rings. The molecule has 2 aliphatic rings. The fourth-order valence-corrected chi connectivity index (χ4v) is 5.31. The lowest BCUT2D eigenvalue weighted by Gasteiger charge is -2.45. The summed E-state index contributed by atoms with van der Waals surface area (Å²) in [4.78, 5) is 11.4. The summed E-state index contributed by atoms with van der Waals surface area (Å²) in [5.74, 6) is 0.866. The first-order valence-corrected chi connectivity index (χ1v) is 8.91. The van der Waals surface area contributed by atoms with Gasteiger partial charge in [-0.05, 0) is 55.3 Å². The van der Waals surface area contributed by atoms with Crippen molar-refractivity contribution >= 4 is 5.97 Å². The van der Waals surface area contributed by atoms with Gasteiger partial charge in [0, 0.05) is 12.0 Å². The van der Waals surface area contributed by atoms with Gasteiger partial charge in [-0.3, -0.25) is 0 Å². The molecule has 4 heteroatoms. The van der Waals surface area contributed by atoms with Crippen LogP contribution in [0.15, 0.2) is 12.2 Å². The first-order valence-electron chi connectivity index (χ1n) is 8.91. The maximum atomic E-state index is 11.4. The molecular formula is C19H32O4. The molecule has 0 spiro atoms. The van der Waals surface area contributed by atoms with E-state index in [1.54, 1.807) is 0 Å². The van der Waals surface area contributed by atoms with E-state index < -0.39 is 12.1 Å². The van der Waals surface area contributed by atoms with E-state index >= 15 is 0 Å². The van der Waals surface area contributed by atoms with Crippen LogP contribution in [0.1, 0.15) is 58.8 Å². The Balaban J connectivity index is 1.94. The van der Waals surface area contributed by atoms with E-state index in [1.165, 1.54) is 13.5 Å².